The largest absolute Gasteiger partial charge is 0.464 e. The van der Waals surface area contributed by atoms with Crippen molar-refractivity contribution in [1.29, 1.82) is 0 Å². The smallest absolute Gasteiger partial charge is 0.358 e. The molecular formula is C12H12N4O3S. The third-order valence-corrected chi connectivity index (χ3v) is 3.95. The van der Waals surface area contributed by atoms with Gasteiger partial charge in [-0.1, -0.05) is 0 Å². The molecule has 0 radical (unpaired) electrons. The Labute approximate surface area is 118 Å². The van der Waals surface area contributed by atoms with Crippen LogP contribution in [0.25, 0.3) is 0 Å². The molecule has 20 heavy (non-hydrogen) atoms. The monoisotopic (exact) mass is 292 g/mol. The third-order valence-electron chi connectivity index (χ3n) is 2.94. The molecule has 0 spiro atoms. The highest BCUT2D eigenvalue weighted by molar-refractivity contribution is 7.10. The van der Waals surface area contributed by atoms with Gasteiger partial charge in [0.05, 0.1) is 18.4 Å². The van der Waals surface area contributed by atoms with Crippen LogP contribution in [0.4, 0.5) is 5.82 Å². The summed E-state index contributed by atoms with van der Waals surface area (Å²) in [5.41, 5.74) is 0.453. The van der Waals surface area contributed by atoms with Crippen LogP contribution in [0.5, 0.6) is 0 Å². The number of carbonyl (C=O) groups excluding carboxylic acids is 2. The van der Waals surface area contributed by atoms with Crippen LogP contribution in [0.1, 0.15) is 44.7 Å². The van der Waals surface area contributed by atoms with Crippen LogP contribution in [-0.4, -0.2) is 33.9 Å². The highest BCUT2D eigenvalue weighted by atomic mass is 32.1. The summed E-state index contributed by atoms with van der Waals surface area (Å²) in [5, 5.41) is 5.26. The fourth-order valence-corrected chi connectivity index (χ4v) is 2.70. The summed E-state index contributed by atoms with van der Waals surface area (Å²) in [6, 6.07) is 0. The molecule has 2 aromatic rings. The summed E-state index contributed by atoms with van der Waals surface area (Å²) in [4.78, 5) is 34.3. The van der Waals surface area contributed by atoms with Crippen molar-refractivity contribution in [2.45, 2.75) is 18.8 Å². The van der Waals surface area contributed by atoms with Crippen molar-refractivity contribution in [3.63, 3.8) is 0 Å². The van der Waals surface area contributed by atoms with Gasteiger partial charge in [0.1, 0.15) is 5.69 Å². The first-order chi connectivity index (χ1) is 9.69. The number of ether oxygens (including phenoxy) is 1. The van der Waals surface area contributed by atoms with Crippen molar-refractivity contribution < 1.29 is 14.3 Å². The lowest BCUT2D eigenvalue weighted by Crippen LogP contribution is -2.15. The van der Waals surface area contributed by atoms with Crippen LogP contribution < -0.4 is 5.32 Å². The quantitative estimate of drug-likeness (QED) is 0.837. The zero-order chi connectivity index (χ0) is 14.1. The average molecular weight is 292 g/mol. The van der Waals surface area contributed by atoms with Gasteiger partial charge in [-0.3, -0.25) is 4.79 Å². The van der Waals surface area contributed by atoms with Crippen molar-refractivity contribution in [1.82, 2.24) is 15.0 Å². The third kappa shape index (κ3) is 2.42. The van der Waals surface area contributed by atoms with Crippen molar-refractivity contribution in [2.24, 2.45) is 0 Å². The van der Waals surface area contributed by atoms with Crippen LogP contribution in [0.2, 0.25) is 0 Å². The number of aromatic nitrogens is 3. The number of aromatic amines is 1. The first-order valence-corrected chi connectivity index (χ1v) is 6.95. The number of rotatable bonds is 4. The minimum Gasteiger partial charge on any atom is -0.464 e. The zero-order valence-corrected chi connectivity index (χ0v) is 11.5. The van der Waals surface area contributed by atoms with E-state index < -0.39 is 5.97 Å². The Hall–Kier alpha value is -2.22. The van der Waals surface area contributed by atoms with Gasteiger partial charge in [0.25, 0.3) is 5.91 Å². The van der Waals surface area contributed by atoms with Crippen LogP contribution in [0.15, 0.2) is 11.7 Å². The van der Waals surface area contributed by atoms with Crippen molar-refractivity contribution >= 4 is 29.0 Å². The first-order valence-electron chi connectivity index (χ1n) is 6.07. The van der Waals surface area contributed by atoms with Crippen LogP contribution in [-0.2, 0) is 4.74 Å². The molecule has 1 fully saturated rings. The summed E-state index contributed by atoms with van der Waals surface area (Å²) in [6.45, 7) is 0. The van der Waals surface area contributed by atoms with Gasteiger partial charge in [0, 0.05) is 11.3 Å². The molecule has 0 aromatic carbocycles. The van der Waals surface area contributed by atoms with Gasteiger partial charge in [0.15, 0.2) is 11.5 Å². The van der Waals surface area contributed by atoms with Crippen LogP contribution in [0.3, 0.4) is 0 Å². The molecule has 7 nitrogen and oxygen atoms in total. The highest BCUT2D eigenvalue weighted by Gasteiger charge is 2.28. The van der Waals surface area contributed by atoms with Gasteiger partial charge in [0.2, 0.25) is 0 Å². The fraction of sp³-hybridized carbons (Fsp3) is 0.333. The van der Waals surface area contributed by atoms with E-state index in [1.165, 1.54) is 24.8 Å². The Morgan fingerprint density at radius 2 is 2.30 bits per heavy atom. The maximum Gasteiger partial charge on any atom is 0.358 e. The number of nitrogens with one attached hydrogen (secondary N) is 2. The second-order valence-electron chi connectivity index (χ2n) is 4.42. The van der Waals surface area contributed by atoms with Gasteiger partial charge in [-0.2, -0.15) is 0 Å². The van der Waals surface area contributed by atoms with Gasteiger partial charge in [-0.05, 0) is 12.8 Å². The number of H-pyrrole nitrogens is 1. The Bertz CT molecular complexity index is 659. The summed E-state index contributed by atoms with van der Waals surface area (Å²) >= 11 is 1.48. The van der Waals surface area contributed by atoms with E-state index in [4.69, 9.17) is 0 Å². The fourth-order valence-electron chi connectivity index (χ4n) is 1.73. The van der Waals surface area contributed by atoms with Crippen molar-refractivity contribution in [3.8, 4) is 0 Å². The maximum atomic E-state index is 12.1. The number of imidazole rings is 1. The second kappa shape index (κ2) is 5.04. The van der Waals surface area contributed by atoms with E-state index in [0.29, 0.717) is 11.6 Å². The molecule has 2 heterocycles. The Kier molecular flexibility index (Phi) is 3.23. The summed E-state index contributed by atoms with van der Waals surface area (Å²) in [5.74, 6) is -0.319. The lowest BCUT2D eigenvalue weighted by atomic mass is 10.4. The molecule has 0 atom stereocenters. The predicted molar refractivity (Wildman–Crippen MR) is 72.0 cm³/mol. The van der Waals surface area contributed by atoms with Crippen LogP contribution >= 0.6 is 11.3 Å². The highest BCUT2D eigenvalue weighted by Crippen LogP contribution is 2.41. The molecule has 0 unspecified atom stereocenters. The summed E-state index contributed by atoms with van der Waals surface area (Å²) in [6.07, 6.45) is 3.60. The molecule has 2 N–H and O–H groups in total. The predicted octanol–water partition coefficient (Wildman–Crippen LogP) is 1.78. The molecule has 1 amide bonds. The molecular weight excluding hydrogens is 280 g/mol. The molecule has 1 saturated carbocycles. The number of hydrogen-bond acceptors (Lipinski definition) is 6. The number of carbonyl (C=O) groups is 2. The lowest BCUT2D eigenvalue weighted by molar-refractivity contribution is 0.0596. The van der Waals surface area contributed by atoms with E-state index in [2.05, 4.69) is 25.0 Å². The minimum absolute atomic E-state index is 0.110. The second-order valence-corrected chi connectivity index (χ2v) is 5.31. The number of anilines is 1. The Balaban J connectivity index is 1.74. The first kappa shape index (κ1) is 12.8. The molecule has 104 valence electrons. The molecule has 0 aliphatic heterocycles. The van der Waals surface area contributed by atoms with Gasteiger partial charge in [-0.15, -0.1) is 11.3 Å². The Morgan fingerprint density at radius 3 is 3.00 bits per heavy atom. The molecule has 0 saturated heterocycles. The van der Waals surface area contributed by atoms with E-state index in [1.807, 2.05) is 0 Å². The molecule has 8 heteroatoms. The molecule has 3 rings (SSSR count). The summed E-state index contributed by atoms with van der Waals surface area (Å²) in [7, 11) is 1.26. The topological polar surface area (TPSA) is 97.0 Å². The molecule has 1 aliphatic carbocycles. The average Bonchev–Trinajstić information content (AvgIpc) is 3.01. The number of amides is 1. The Morgan fingerprint density at radius 1 is 1.50 bits per heavy atom. The number of nitrogens with zero attached hydrogens (tertiary/aromatic N) is 2. The van der Waals surface area contributed by atoms with E-state index in [-0.39, 0.29) is 17.4 Å². The van der Waals surface area contributed by atoms with Gasteiger partial charge in [-0.25, -0.2) is 14.8 Å². The number of hydrogen-bond donors (Lipinski definition) is 2. The minimum atomic E-state index is -0.588. The molecule has 2 aromatic heterocycles. The van der Waals surface area contributed by atoms with Crippen molar-refractivity contribution in [3.05, 3.63) is 28.1 Å². The summed E-state index contributed by atoms with van der Waals surface area (Å²) < 4.78 is 4.59. The molecule has 0 bridgehead atoms. The van der Waals surface area contributed by atoms with E-state index in [0.717, 1.165) is 17.8 Å². The standard InChI is InChI=1S/C12H12N4O3S/c1-19-12(18)8-9(14-5-13-8)16-10(17)7-4-20-11(15-7)6-2-3-6/h4-6H,2-3H2,1H3,(H,13,14)(H,16,17). The van der Waals surface area contributed by atoms with E-state index in [9.17, 15) is 9.59 Å². The number of esters is 1. The van der Waals surface area contributed by atoms with Crippen molar-refractivity contribution in [2.75, 3.05) is 12.4 Å². The van der Waals surface area contributed by atoms with E-state index in [1.54, 1.807) is 5.38 Å². The number of thiazole rings is 1. The number of methoxy groups -OCH3 is 1. The lowest BCUT2D eigenvalue weighted by Gasteiger charge is -2.02. The normalized spacial score (nSPS) is 14.1. The van der Waals surface area contributed by atoms with E-state index >= 15 is 0 Å². The van der Waals surface area contributed by atoms with Gasteiger partial charge < -0.3 is 15.0 Å². The van der Waals surface area contributed by atoms with Crippen LogP contribution in [0, 0.1) is 0 Å². The maximum absolute atomic E-state index is 12.1. The van der Waals surface area contributed by atoms with Gasteiger partial charge >= 0.3 is 5.97 Å². The SMILES string of the molecule is COC(=O)c1[nH]cnc1NC(=O)c1csc(C2CC2)n1. The zero-order valence-electron chi connectivity index (χ0n) is 10.7. The molecule has 1 aliphatic rings.